The predicted molar refractivity (Wildman–Crippen MR) is 85.3 cm³/mol. The van der Waals surface area contributed by atoms with E-state index in [0.29, 0.717) is 19.8 Å². The van der Waals surface area contributed by atoms with Crippen LogP contribution in [0.15, 0.2) is 30.3 Å². The lowest BCUT2D eigenvalue weighted by atomic mass is 10.2. The van der Waals surface area contributed by atoms with Gasteiger partial charge in [-0.2, -0.15) is 0 Å². The zero-order chi connectivity index (χ0) is 15.2. The Kier molecular flexibility index (Phi) is 6.39. The third kappa shape index (κ3) is 5.75. The summed E-state index contributed by atoms with van der Waals surface area (Å²) in [7, 11) is -1.79. The Labute approximate surface area is 124 Å². The van der Waals surface area contributed by atoms with Crippen molar-refractivity contribution < 1.29 is 14.3 Å². The van der Waals surface area contributed by atoms with E-state index >= 15 is 0 Å². The van der Waals surface area contributed by atoms with Crippen LogP contribution in [0.3, 0.4) is 0 Å². The first-order chi connectivity index (χ1) is 9.22. The topological polar surface area (TPSA) is 38.7 Å². The summed E-state index contributed by atoms with van der Waals surface area (Å²) in [4.78, 5) is 0. The second-order valence-electron chi connectivity index (χ2n) is 6.73. The first-order valence-corrected chi connectivity index (χ1v) is 10.1. The molecule has 0 spiro atoms. The van der Waals surface area contributed by atoms with Crippen molar-refractivity contribution in [3.05, 3.63) is 35.9 Å². The van der Waals surface area contributed by atoms with E-state index in [0.717, 1.165) is 5.56 Å². The normalized spacial score (nSPS) is 14.3. The molecule has 0 fully saturated rings. The Morgan fingerprint density at radius 3 is 2.25 bits per heavy atom. The molecule has 0 radical (unpaired) electrons. The van der Waals surface area contributed by atoms with Crippen molar-refractivity contribution in [1.29, 1.82) is 0 Å². The molecule has 20 heavy (non-hydrogen) atoms. The predicted octanol–water partition coefficient (Wildman–Crippen LogP) is 3.59. The van der Waals surface area contributed by atoms with Crippen LogP contribution in [0.5, 0.6) is 0 Å². The van der Waals surface area contributed by atoms with Gasteiger partial charge < -0.3 is 14.3 Å². The zero-order valence-corrected chi connectivity index (χ0v) is 14.3. The van der Waals surface area contributed by atoms with E-state index in [9.17, 15) is 5.11 Å². The van der Waals surface area contributed by atoms with Gasteiger partial charge in [0.2, 0.25) is 0 Å². The van der Waals surface area contributed by atoms with Crippen molar-refractivity contribution >= 4 is 8.32 Å². The van der Waals surface area contributed by atoms with E-state index in [1.165, 1.54) is 0 Å². The maximum Gasteiger partial charge on any atom is 0.192 e. The summed E-state index contributed by atoms with van der Waals surface area (Å²) in [6, 6.07) is 9.97. The number of hydrogen-bond acceptors (Lipinski definition) is 3. The van der Waals surface area contributed by atoms with Crippen molar-refractivity contribution in [2.24, 2.45) is 0 Å². The summed E-state index contributed by atoms with van der Waals surface area (Å²) in [5.74, 6) is 0. The number of benzene rings is 1. The van der Waals surface area contributed by atoms with Crippen LogP contribution in [0, 0.1) is 0 Å². The van der Waals surface area contributed by atoms with Crippen LogP contribution < -0.4 is 0 Å². The molecule has 1 rings (SSSR count). The van der Waals surface area contributed by atoms with Gasteiger partial charge in [-0.05, 0) is 23.7 Å². The fourth-order valence-corrected chi connectivity index (χ4v) is 2.50. The van der Waals surface area contributed by atoms with Gasteiger partial charge in [0.1, 0.15) is 0 Å². The van der Waals surface area contributed by atoms with E-state index in [4.69, 9.17) is 9.16 Å². The molecular formula is C16H28O3Si. The molecule has 0 aliphatic heterocycles. The zero-order valence-electron chi connectivity index (χ0n) is 13.3. The third-order valence-electron chi connectivity index (χ3n) is 3.86. The molecule has 0 unspecified atom stereocenters. The molecule has 4 heteroatoms. The SMILES string of the molecule is CC(C)(C)[Si](C)(C)OC[C@@H](O)COCc1ccccc1. The maximum absolute atomic E-state index is 9.93. The number of aliphatic hydroxyl groups is 1. The molecule has 0 aliphatic rings. The van der Waals surface area contributed by atoms with E-state index in [1.807, 2.05) is 30.3 Å². The maximum atomic E-state index is 9.93. The van der Waals surface area contributed by atoms with Crippen molar-refractivity contribution in [2.75, 3.05) is 13.2 Å². The van der Waals surface area contributed by atoms with Crippen LogP contribution in [0.4, 0.5) is 0 Å². The molecule has 114 valence electrons. The standard InChI is InChI=1S/C16H28O3Si/c1-16(2,3)20(4,5)19-13-15(17)12-18-11-14-9-7-6-8-10-14/h6-10,15,17H,11-13H2,1-5H3/t15-/m0/s1. The molecule has 0 saturated heterocycles. The smallest absolute Gasteiger partial charge is 0.192 e. The lowest BCUT2D eigenvalue weighted by Gasteiger charge is -2.36. The molecule has 1 aromatic carbocycles. The monoisotopic (exact) mass is 296 g/mol. The first-order valence-electron chi connectivity index (χ1n) is 7.16. The van der Waals surface area contributed by atoms with E-state index < -0.39 is 14.4 Å². The highest BCUT2D eigenvalue weighted by Crippen LogP contribution is 2.36. The summed E-state index contributed by atoms with van der Waals surface area (Å²) in [6.07, 6.45) is -0.562. The van der Waals surface area contributed by atoms with Crippen molar-refractivity contribution in [1.82, 2.24) is 0 Å². The molecule has 0 amide bonds. The van der Waals surface area contributed by atoms with Crippen LogP contribution in [0.25, 0.3) is 0 Å². The Bertz CT molecular complexity index is 384. The lowest BCUT2D eigenvalue weighted by molar-refractivity contribution is 0.00276. The summed E-state index contributed by atoms with van der Waals surface area (Å²) in [5, 5.41) is 10.1. The Morgan fingerprint density at radius 2 is 1.70 bits per heavy atom. The molecular weight excluding hydrogens is 268 g/mol. The van der Waals surface area contributed by atoms with Gasteiger partial charge >= 0.3 is 0 Å². The molecule has 0 aliphatic carbocycles. The highest BCUT2D eigenvalue weighted by atomic mass is 28.4. The molecule has 1 atom stereocenters. The summed E-state index contributed by atoms with van der Waals surface area (Å²) < 4.78 is 11.5. The Balaban J connectivity index is 2.26. The number of ether oxygens (including phenoxy) is 1. The molecule has 0 bridgehead atoms. The molecule has 0 saturated carbocycles. The number of aliphatic hydroxyl groups excluding tert-OH is 1. The van der Waals surface area contributed by atoms with Gasteiger partial charge in [0.25, 0.3) is 0 Å². The minimum Gasteiger partial charge on any atom is -0.414 e. The average molecular weight is 296 g/mol. The Hall–Kier alpha value is -0.683. The summed E-state index contributed by atoms with van der Waals surface area (Å²) in [5.41, 5.74) is 1.12. The number of rotatable bonds is 7. The van der Waals surface area contributed by atoms with Gasteiger partial charge in [-0.15, -0.1) is 0 Å². The minimum absolute atomic E-state index is 0.164. The van der Waals surface area contributed by atoms with Crippen LogP contribution in [0.1, 0.15) is 26.3 Å². The van der Waals surface area contributed by atoms with Gasteiger partial charge in [-0.25, -0.2) is 0 Å². The first kappa shape index (κ1) is 17.4. The summed E-state index contributed by atoms with van der Waals surface area (Å²) in [6.45, 7) is 12.1. The highest BCUT2D eigenvalue weighted by Gasteiger charge is 2.37. The summed E-state index contributed by atoms with van der Waals surface area (Å²) >= 11 is 0. The fraction of sp³-hybridized carbons (Fsp3) is 0.625. The molecule has 0 heterocycles. The minimum atomic E-state index is -1.79. The van der Waals surface area contributed by atoms with Gasteiger partial charge in [0.15, 0.2) is 8.32 Å². The quantitative estimate of drug-likeness (QED) is 0.782. The molecule has 0 aromatic heterocycles. The average Bonchev–Trinajstić information content (AvgIpc) is 2.36. The largest absolute Gasteiger partial charge is 0.414 e. The van der Waals surface area contributed by atoms with Crippen molar-refractivity contribution in [3.63, 3.8) is 0 Å². The van der Waals surface area contributed by atoms with Gasteiger partial charge in [-0.1, -0.05) is 51.1 Å². The Morgan fingerprint density at radius 1 is 1.10 bits per heavy atom. The van der Waals surface area contributed by atoms with E-state index in [2.05, 4.69) is 33.9 Å². The fourth-order valence-electron chi connectivity index (χ4n) is 1.46. The van der Waals surface area contributed by atoms with Gasteiger partial charge in [0.05, 0.1) is 25.9 Å². The third-order valence-corrected chi connectivity index (χ3v) is 8.37. The van der Waals surface area contributed by atoms with E-state index in [-0.39, 0.29) is 5.04 Å². The second-order valence-corrected chi connectivity index (χ2v) is 11.5. The second kappa shape index (κ2) is 7.36. The molecule has 1 aromatic rings. The van der Waals surface area contributed by atoms with Gasteiger partial charge in [-0.3, -0.25) is 0 Å². The van der Waals surface area contributed by atoms with Gasteiger partial charge in [0, 0.05) is 0 Å². The van der Waals surface area contributed by atoms with Crippen molar-refractivity contribution in [2.45, 2.75) is 51.6 Å². The van der Waals surface area contributed by atoms with Crippen LogP contribution in [-0.4, -0.2) is 32.7 Å². The lowest BCUT2D eigenvalue weighted by Crippen LogP contribution is -2.43. The number of hydrogen-bond donors (Lipinski definition) is 1. The molecule has 1 N–H and O–H groups in total. The van der Waals surface area contributed by atoms with E-state index in [1.54, 1.807) is 0 Å². The van der Waals surface area contributed by atoms with Crippen molar-refractivity contribution in [3.8, 4) is 0 Å². The van der Waals surface area contributed by atoms with Crippen LogP contribution >= 0.6 is 0 Å². The highest BCUT2D eigenvalue weighted by molar-refractivity contribution is 6.74. The van der Waals surface area contributed by atoms with Crippen LogP contribution in [0.2, 0.25) is 18.1 Å². The van der Waals surface area contributed by atoms with Crippen LogP contribution in [-0.2, 0) is 15.8 Å². The molecule has 3 nitrogen and oxygen atoms in total.